The number of benzene rings is 1. The fraction of sp³-hybridized carbons (Fsp3) is 0.593. The Bertz CT molecular complexity index is 1120. The van der Waals surface area contributed by atoms with Gasteiger partial charge in [-0.05, 0) is 69.1 Å². The van der Waals surface area contributed by atoms with E-state index in [1.165, 1.54) is 11.4 Å². The van der Waals surface area contributed by atoms with E-state index in [0.29, 0.717) is 37.8 Å². The molecule has 2 aliphatic heterocycles. The second kappa shape index (κ2) is 10.8. The fourth-order valence-electron chi connectivity index (χ4n) is 5.98. The van der Waals surface area contributed by atoms with Crippen LogP contribution in [0.25, 0.3) is 0 Å². The van der Waals surface area contributed by atoms with E-state index in [0.717, 1.165) is 74.3 Å². The lowest BCUT2D eigenvalue weighted by Crippen LogP contribution is -2.51. The van der Waals surface area contributed by atoms with Crippen LogP contribution in [0.5, 0.6) is 0 Å². The van der Waals surface area contributed by atoms with Gasteiger partial charge in [-0.25, -0.2) is 0 Å². The highest BCUT2D eigenvalue weighted by Crippen LogP contribution is 2.32. The number of anilines is 1. The molecule has 36 heavy (non-hydrogen) atoms. The maximum atomic E-state index is 13.3. The van der Waals surface area contributed by atoms with Crippen LogP contribution < -0.4 is 4.90 Å². The molecule has 0 bridgehead atoms. The number of carbonyl (C=O) groups is 2. The molecule has 5 rings (SSSR count). The van der Waals surface area contributed by atoms with Gasteiger partial charge in [-0.15, -0.1) is 0 Å². The van der Waals surface area contributed by atoms with Crippen molar-refractivity contribution in [2.45, 2.75) is 52.0 Å². The average Bonchev–Trinajstić information content (AvgIpc) is 3.52. The standard InChI is InChI=1S/C27H36ClN5O3/c1-19-22(28)5-3-6-23(19)30-11-8-20(9-12-30)10-13-33-24-7-2-4-21(24)26(29-33)27(36)32-16-14-31(15-17-32)25(35)18-34/h3,5-6,20,34H,2,4,7-18H2,1H3. The number of carbonyl (C=O) groups excluding carboxylic acids is 2. The zero-order valence-corrected chi connectivity index (χ0v) is 21.8. The van der Waals surface area contributed by atoms with Gasteiger partial charge in [0.25, 0.3) is 5.91 Å². The van der Waals surface area contributed by atoms with Crippen LogP contribution in [0.3, 0.4) is 0 Å². The van der Waals surface area contributed by atoms with Crippen molar-refractivity contribution in [1.82, 2.24) is 19.6 Å². The fourth-order valence-corrected chi connectivity index (χ4v) is 6.15. The third kappa shape index (κ3) is 4.98. The molecule has 2 amide bonds. The first-order valence-corrected chi connectivity index (χ1v) is 13.6. The normalized spacial score (nSPS) is 18.6. The topological polar surface area (TPSA) is 81.9 Å². The Morgan fingerprint density at radius 1 is 1.06 bits per heavy atom. The van der Waals surface area contributed by atoms with E-state index < -0.39 is 6.61 Å². The molecular formula is C27H36ClN5O3. The molecule has 1 aromatic heterocycles. The first-order valence-electron chi connectivity index (χ1n) is 13.2. The summed E-state index contributed by atoms with van der Waals surface area (Å²) in [5, 5.41) is 14.7. The zero-order chi connectivity index (χ0) is 25.2. The van der Waals surface area contributed by atoms with Crippen LogP contribution in [-0.2, 0) is 24.2 Å². The molecule has 0 unspecified atom stereocenters. The number of halogens is 1. The minimum atomic E-state index is -0.481. The third-order valence-corrected chi connectivity index (χ3v) is 8.62. The van der Waals surface area contributed by atoms with Crippen LogP contribution in [0.2, 0.25) is 5.02 Å². The van der Waals surface area contributed by atoms with Crippen LogP contribution in [0.4, 0.5) is 5.69 Å². The van der Waals surface area contributed by atoms with Crippen LogP contribution in [0, 0.1) is 12.8 Å². The summed E-state index contributed by atoms with van der Waals surface area (Å²) in [6, 6.07) is 6.15. The molecule has 3 aliphatic rings. The predicted octanol–water partition coefficient (Wildman–Crippen LogP) is 2.92. The number of rotatable bonds is 6. The van der Waals surface area contributed by atoms with Crippen molar-refractivity contribution < 1.29 is 14.7 Å². The number of aliphatic hydroxyl groups excluding tert-OH is 1. The van der Waals surface area contributed by atoms with Crippen LogP contribution in [0.1, 0.15) is 53.0 Å². The SMILES string of the molecule is Cc1c(Cl)cccc1N1CCC(CCn2nc(C(=O)N3CCN(C(=O)CO)CC3)c3c2CCC3)CC1. The van der Waals surface area contributed by atoms with E-state index in [-0.39, 0.29) is 11.8 Å². The largest absolute Gasteiger partial charge is 0.387 e. The highest BCUT2D eigenvalue weighted by Gasteiger charge is 2.31. The van der Waals surface area contributed by atoms with E-state index in [1.807, 2.05) is 12.1 Å². The molecule has 8 nitrogen and oxygen atoms in total. The molecule has 0 atom stereocenters. The third-order valence-electron chi connectivity index (χ3n) is 8.21. The molecule has 1 aliphatic carbocycles. The number of nitrogens with zero attached hydrogens (tertiary/aromatic N) is 5. The van der Waals surface area contributed by atoms with Gasteiger partial charge < -0.3 is 19.8 Å². The van der Waals surface area contributed by atoms with E-state index >= 15 is 0 Å². The van der Waals surface area contributed by atoms with Crippen molar-refractivity contribution in [2.75, 3.05) is 50.8 Å². The summed E-state index contributed by atoms with van der Waals surface area (Å²) in [4.78, 5) is 30.9. The van der Waals surface area contributed by atoms with Gasteiger partial charge in [0.15, 0.2) is 5.69 Å². The molecule has 9 heteroatoms. The van der Waals surface area contributed by atoms with Gasteiger partial charge >= 0.3 is 0 Å². The average molecular weight is 514 g/mol. The lowest BCUT2D eigenvalue weighted by molar-refractivity contribution is -0.135. The van der Waals surface area contributed by atoms with Crippen LogP contribution in [0.15, 0.2) is 18.2 Å². The highest BCUT2D eigenvalue weighted by atomic mass is 35.5. The zero-order valence-electron chi connectivity index (χ0n) is 21.1. The number of fused-ring (bicyclic) bond motifs is 1. The summed E-state index contributed by atoms with van der Waals surface area (Å²) < 4.78 is 2.11. The molecule has 0 radical (unpaired) electrons. The Balaban J connectivity index is 1.18. The van der Waals surface area contributed by atoms with Crippen LogP contribution in [-0.4, -0.2) is 82.4 Å². The summed E-state index contributed by atoms with van der Waals surface area (Å²) in [6.45, 7) is 6.43. The summed E-state index contributed by atoms with van der Waals surface area (Å²) in [5.74, 6) is 0.354. The number of piperazine rings is 1. The molecule has 1 aromatic carbocycles. The lowest BCUT2D eigenvalue weighted by Gasteiger charge is -2.34. The van der Waals surface area contributed by atoms with Gasteiger partial charge in [0.1, 0.15) is 6.61 Å². The number of aliphatic hydroxyl groups is 1. The maximum absolute atomic E-state index is 13.3. The number of hydrogen-bond acceptors (Lipinski definition) is 5. The number of hydrogen-bond donors (Lipinski definition) is 1. The van der Waals surface area contributed by atoms with E-state index in [9.17, 15) is 9.59 Å². The molecule has 2 aromatic rings. The first-order chi connectivity index (χ1) is 17.5. The first kappa shape index (κ1) is 25.1. The Kier molecular flexibility index (Phi) is 7.53. The Hall–Kier alpha value is -2.58. The van der Waals surface area contributed by atoms with E-state index in [4.69, 9.17) is 21.8 Å². The summed E-state index contributed by atoms with van der Waals surface area (Å²) in [6.07, 6.45) is 6.35. The highest BCUT2D eigenvalue weighted by molar-refractivity contribution is 6.31. The van der Waals surface area contributed by atoms with Gasteiger partial charge in [0.2, 0.25) is 5.91 Å². The van der Waals surface area contributed by atoms with Crippen LogP contribution >= 0.6 is 11.6 Å². The Morgan fingerprint density at radius 3 is 2.50 bits per heavy atom. The minimum absolute atomic E-state index is 0.0202. The second-order valence-corrected chi connectivity index (χ2v) is 10.7. The molecule has 0 spiro atoms. The maximum Gasteiger partial charge on any atom is 0.274 e. The Labute approximate surface area is 217 Å². The molecule has 2 saturated heterocycles. The monoisotopic (exact) mass is 513 g/mol. The van der Waals surface area contributed by atoms with E-state index in [1.54, 1.807) is 9.80 Å². The minimum Gasteiger partial charge on any atom is -0.387 e. The summed E-state index contributed by atoms with van der Waals surface area (Å²) >= 11 is 6.34. The summed E-state index contributed by atoms with van der Waals surface area (Å²) in [7, 11) is 0. The number of amides is 2. The molecular weight excluding hydrogens is 478 g/mol. The van der Waals surface area contributed by atoms with Gasteiger partial charge in [0, 0.05) is 67.8 Å². The van der Waals surface area contributed by atoms with Crippen molar-refractivity contribution in [1.29, 1.82) is 0 Å². The lowest BCUT2D eigenvalue weighted by atomic mass is 9.93. The van der Waals surface area contributed by atoms with Gasteiger partial charge in [0.05, 0.1) is 0 Å². The number of piperidine rings is 1. The molecule has 0 saturated carbocycles. The molecule has 194 valence electrons. The predicted molar refractivity (Wildman–Crippen MR) is 140 cm³/mol. The van der Waals surface area contributed by atoms with Crippen molar-refractivity contribution in [3.63, 3.8) is 0 Å². The van der Waals surface area contributed by atoms with E-state index in [2.05, 4.69) is 22.6 Å². The Morgan fingerprint density at radius 2 is 1.78 bits per heavy atom. The smallest absolute Gasteiger partial charge is 0.274 e. The van der Waals surface area contributed by atoms with Crippen molar-refractivity contribution >= 4 is 29.1 Å². The van der Waals surface area contributed by atoms with Crippen molar-refractivity contribution in [2.24, 2.45) is 5.92 Å². The number of aromatic nitrogens is 2. The van der Waals surface area contributed by atoms with Gasteiger partial charge in [-0.1, -0.05) is 17.7 Å². The quantitative estimate of drug-likeness (QED) is 0.642. The molecule has 3 heterocycles. The van der Waals surface area contributed by atoms with Crippen molar-refractivity contribution in [3.8, 4) is 0 Å². The summed E-state index contributed by atoms with van der Waals surface area (Å²) in [5.41, 5.74) is 5.37. The second-order valence-electron chi connectivity index (χ2n) is 10.3. The molecule has 1 N–H and O–H groups in total. The van der Waals surface area contributed by atoms with Crippen molar-refractivity contribution in [3.05, 3.63) is 45.7 Å². The molecule has 2 fully saturated rings. The van der Waals surface area contributed by atoms with Gasteiger partial charge in [-0.2, -0.15) is 5.10 Å². The number of aryl methyl sites for hydroxylation is 1. The van der Waals surface area contributed by atoms with Gasteiger partial charge in [-0.3, -0.25) is 14.3 Å².